The van der Waals surface area contributed by atoms with Crippen LogP contribution in [0.1, 0.15) is 61.0 Å². The average Bonchev–Trinajstić information content (AvgIpc) is 3.41. The zero-order chi connectivity index (χ0) is 36.9. The first-order chi connectivity index (χ1) is 24.4. The molecule has 2 aliphatic rings. The lowest BCUT2D eigenvalue weighted by molar-refractivity contribution is -0.137. The van der Waals surface area contributed by atoms with E-state index in [1.807, 2.05) is 30.3 Å². The van der Waals surface area contributed by atoms with Crippen LogP contribution in [-0.2, 0) is 44.9 Å². The van der Waals surface area contributed by atoms with Gasteiger partial charge in [0.15, 0.2) is 0 Å². The number of likely N-dealkylation sites (tertiary alicyclic amines) is 1. The SMILES string of the molecule is COCCOCCOCCOCCOC(=O)N(C)CN1C(=O)CC[C@]12CC[C@@](CO[C@H](C)c1cc(C)cc(C(F)(F)F)c1)(c1ccccc1)NC2. The number of hydrogen-bond donors (Lipinski definition) is 1. The maximum atomic E-state index is 13.5. The minimum absolute atomic E-state index is 0.0409. The summed E-state index contributed by atoms with van der Waals surface area (Å²) in [4.78, 5) is 29.1. The van der Waals surface area contributed by atoms with Gasteiger partial charge in [0.25, 0.3) is 0 Å². The molecule has 51 heavy (non-hydrogen) atoms. The molecule has 2 aromatic rings. The summed E-state index contributed by atoms with van der Waals surface area (Å²) in [6.45, 7) is 7.10. The summed E-state index contributed by atoms with van der Waals surface area (Å²) < 4.78 is 73.5. The van der Waals surface area contributed by atoms with E-state index in [1.165, 1.54) is 4.90 Å². The molecule has 2 saturated heterocycles. The van der Waals surface area contributed by atoms with Gasteiger partial charge in [-0.15, -0.1) is 0 Å². The van der Waals surface area contributed by atoms with Crippen LogP contribution in [0.4, 0.5) is 18.0 Å². The number of rotatable bonds is 19. The van der Waals surface area contributed by atoms with E-state index in [4.69, 9.17) is 28.4 Å². The lowest BCUT2D eigenvalue weighted by Gasteiger charge is -2.50. The molecule has 2 aliphatic heterocycles. The number of carbonyl (C=O) groups excluding carboxylic acids is 2. The molecule has 0 radical (unpaired) electrons. The van der Waals surface area contributed by atoms with E-state index in [0.717, 1.165) is 17.7 Å². The summed E-state index contributed by atoms with van der Waals surface area (Å²) >= 11 is 0. The Morgan fingerprint density at radius 2 is 1.59 bits per heavy atom. The van der Waals surface area contributed by atoms with E-state index < -0.39 is 35.0 Å². The first-order valence-electron chi connectivity index (χ1n) is 17.4. The largest absolute Gasteiger partial charge is 0.447 e. The topological polar surface area (TPSA) is 108 Å². The van der Waals surface area contributed by atoms with Crippen LogP contribution >= 0.6 is 0 Å². The van der Waals surface area contributed by atoms with Crippen LogP contribution in [0.5, 0.6) is 0 Å². The van der Waals surface area contributed by atoms with Gasteiger partial charge >= 0.3 is 12.3 Å². The number of methoxy groups -OCH3 is 1. The third-order valence-corrected chi connectivity index (χ3v) is 9.55. The van der Waals surface area contributed by atoms with Gasteiger partial charge in [-0.25, -0.2) is 4.79 Å². The minimum atomic E-state index is -4.45. The van der Waals surface area contributed by atoms with Gasteiger partial charge in [0, 0.05) is 27.1 Å². The van der Waals surface area contributed by atoms with Crippen LogP contribution in [0, 0.1) is 6.92 Å². The van der Waals surface area contributed by atoms with Crippen molar-refractivity contribution >= 4 is 12.0 Å². The molecular formula is C37H52F3N3O8. The summed E-state index contributed by atoms with van der Waals surface area (Å²) in [7, 11) is 3.21. The summed E-state index contributed by atoms with van der Waals surface area (Å²) in [5.74, 6) is -0.0409. The molecule has 2 fully saturated rings. The van der Waals surface area contributed by atoms with Crippen molar-refractivity contribution in [2.75, 3.05) is 86.8 Å². The van der Waals surface area contributed by atoms with Crippen molar-refractivity contribution in [1.29, 1.82) is 0 Å². The zero-order valence-corrected chi connectivity index (χ0v) is 30.1. The van der Waals surface area contributed by atoms with Crippen molar-refractivity contribution in [3.05, 3.63) is 70.8 Å². The Kier molecular flexibility index (Phi) is 15.1. The fourth-order valence-corrected chi connectivity index (χ4v) is 6.54. The number of amides is 2. The maximum Gasteiger partial charge on any atom is 0.416 e. The van der Waals surface area contributed by atoms with E-state index >= 15 is 0 Å². The number of nitrogens with one attached hydrogen (secondary N) is 1. The molecule has 0 aromatic heterocycles. The number of aryl methyl sites for hydroxylation is 1. The van der Waals surface area contributed by atoms with Crippen LogP contribution in [0.3, 0.4) is 0 Å². The molecule has 1 N–H and O–H groups in total. The number of carbonyl (C=O) groups is 2. The molecule has 4 rings (SSSR count). The Morgan fingerprint density at radius 1 is 0.941 bits per heavy atom. The highest BCUT2D eigenvalue weighted by Gasteiger charge is 2.51. The highest BCUT2D eigenvalue weighted by molar-refractivity contribution is 5.80. The smallest absolute Gasteiger partial charge is 0.416 e. The zero-order valence-electron chi connectivity index (χ0n) is 30.1. The van der Waals surface area contributed by atoms with Gasteiger partial charge < -0.3 is 38.6 Å². The predicted octanol–water partition coefficient (Wildman–Crippen LogP) is 5.45. The normalized spacial score (nSPS) is 21.3. The first-order valence-corrected chi connectivity index (χ1v) is 17.4. The molecule has 0 aliphatic carbocycles. The molecule has 2 heterocycles. The van der Waals surface area contributed by atoms with Crippen LogP contribution in [-0.4, -0.2) is 114 Å². The third kappa shape index (κ3) is 11.4. The second-order valence-electron chi connectivity index (χ2n) is 13.2. The second kappa shape index (κ2) is 19.0. The quantitative estimate of drug-likeness (QED) is 0.189. The molecule has 0 unspecified atom stereocenters. The van der Waals surface area contributed by atoms with Crippen LogP contribution in [0.25, 0.3) is 0 Å². The van der Waals surface area contributed by atoms with Crippen LogP contribution in [0.2, 0.25) is 0 Å². The van der Waals surface area contributed by atoms with E-state index in [9.17, 15) is 22.8 Å². The minimum Gasteiger partial charge on any atom is -0.447 e. The Morgan fingerprint density at radius 3 is 2.20 bits per heavy atom. The molecule has 3 atom stereocenters. The molecule has 14 heteroatoms. The van der Waals surface area contributed by atoms with Gasteiger partial charge in [-0.3, -0.25) is 9.69 Å². The van der Waals surface area contributed by atoms with E-state index in [0.29, 0.717) is 83.0 Å². The van der Waals surface area contributed by atoms with Crippen LogP contribution in [0.15, 0.2) is 48.5 Å². The molecule has 2 amide bonds. The molecular weight excluding hydrogens is 671 g/mol. The summed E-state index contributed by atoms with van der Waals surface area (Å²) in [5.41, 5.74) is 0.0974. The monoisotopic (exact) mass is 723 g/mol. The van der Waals surface area contributed by atoms with Crippen molar-refractivity contribution in [3.8, 4) is 0 Å². The van der Waals surface area contributed by atoms with Gasteiger partial charge in [0.1, 0.15) is 6.61 Å². The second-order valence-corrected chi connectivity index (χ2v) is 13.2. The van der Waals surface area contributed by atoms with E-state index in [2.05, 4.69) is 5.32 Å². The lowest BCUT2D eigenvalue weighted by atomic mass is 9.75. The Bertz CT molecular complexity index is 1390. The van der Waals surface area contributed by atoms with Crippen molar-refractivity contribution in [2.24, 2.45) is 0 Å². The number of ether oxygens (including phenoxy) is 6. The maximum absolute atomic E-state index is 13.5. The Hall–Kier alpha value is -3.27. The molecule has 0 bridgehead atoms. The summed E-state index contributed by atoms with van der Waals surface area (Å²) in [6, 6.07) is 13.8. The number of piperidine rings is 1. The average molecular weight is 724 g/mol. The lowest BCUT2D eigenvalue weighted by Crippen LogP contribution is -2.64. The number of nitrogens with zero attached hydrogens (tertiary/aromatic N) is 2. The first kappa shape index (κ1) is 40.5. The molecule has 284 valence electrons. The number of benzene rings is 2. The van der Waals surface area contributed by atoms with Gasteiger partial charge in [0.2, 0.25) is 5.91 Å². The van der Waals surface area contributed by atoms with Crippen molar-refractivity contribution in [2.45, 2.75) is 62.9 Å². The standard InChI is InChI=1S/C37H52F3N3O8/c1-28-22-30(24-32(23-28)37(38,39)40)29(2)51-26-36(31-8-6-5-7-9-31)13-12-35(25-41-36)11-10-33(44)43(35)27-42(3)34(45)50-21-20-49-19-18-48-17-16-47-15-14-46-4/h5-9,22-24,29,41H,10-21,25-27H2,1-4H3/t29-,35-,36-/m1/s1. The Labute approximate surface area is 298 Å². The number of alkyl halides is 3. The van der Waals surface area contributed by atoms with Gasteiger partial charge in [-0.1, -0.05) is 42.0 Å². The van der Waals surface area contributed by atoms with Crippen molar-refractivity contribution < 1.29 is 51.2 Å². The predicted molar refractivity (Wildman–Crippen MR) is 183 cm³/mol. The third-order valence-electron chi connectivity index (χ3n) is 9.55. The molecule has 2 aromatic carbocycles. The Balaban J connectivity index is 1.29. The van der Waals surface area contributed by atoms with Gasteiger partial charge in [-0.2, -0.15) is 13.2 Å². The van der Waals surface area contributed by atoms with E-state index in [1.54, 1.807) is 39.0 Å². The molecule has 0 saturated carbocycles. The summed E-state index contributed by atoms with van der Waals surface area (Å²) in [6.07, 6.45) is -3.38. The van der Waals surface area contributed by atoms with E-state index in [-0.39, 0.29) is 32.4 Å². The molecule has 11 nitrogen and oxygen atoms in total. The number of halogens is 3. The van der Waals surface area contributed by atoms with Gasteiger partial charge in [0.05, 0.1) is 82.3 Å². The fourth-order valence-electron chi connectivity index (χ4n) is 6.54. The highest BCUT2D eigenvalue weighted by atomic mass is 19.4. The fraction of sp³-hybridized carbons (Fsp3) is 0.622. The molecule has 1 spiro atoms. The number of hydrogen-bond acceptors (Lipinski definition) is 9. The van der Waals surface area contributed by atoms with Crippen molar-refractivity contribution in [3.63, 3.8) is 0 Å². The van der Waals surface area contributed by atoms with Crippen molar-refractivity contribution in [1.82, 2.24) is 15.1 Å². The summed E-state index contributed by atoms with van der Waals surface area (Å²) in [5, 5.41) is 3.69. The highest BCUT2D eigenvalue weighted by Crippen LogP contribution is 2.43. The van der Waals surface area contributed by atoms with Gasteiger partial charge in [-0.05, 0) is 56.4 Å². The van der Waals surface area contributed by atoms with Crippen LogP contribution < -0.4 is 5.32 Å².